The van der Waals surface area contributed by atoms with E-state index in [4.69, 9.17) is 5.73 Å². The molecule has 0 aliphatic rings. The minimum Gasteiger partial charge on any atom is -0.328 e. The van der Waals surface area contributed by atoms with Gasteiger partial charge in [-0.1, -0.05) is 71.1 Å². The van der Waals surface area contributed by atoms with E-state index >= 15 is 0 Å². The van der Waals surface area contributed by atoms with E-state index in [9.17, 15) is 0 Å². The molecule has 0 heterocycles. The molecular weight excluding hydrogens is 182 g/mol. The molecule has 0 saturated carbocycles. The van der Waals surface area contributed by atoms with Crippen LogP contribution in [0.5, 0.6) is 0 Å². The zero-order chi connectivity index (χ0) is 11.4. The number of unbranched alkanes of at least 4 members (excludes halogenated alkanes) is 9. The van der Waals surface area contributed by atoms with Gasteiger partial charge in [-0.05, 0) is 13.3 Å². The van der Waals surface area contributed by atoms with Crippen LogP contribution in [0.4, 0.5) is 0 Å². The largest absolute Gasteiger partial charge is 0.328 e. The fourth-order valence-corrected chi connectivity index (χ4v) is 1.88. The summed E-state index contributed by atoms with van der Waals surface area (Å²) in [5.41, 5.74) is 5.70. The lowest BCUT2D eigenvalue weighted by atomic mass is 10.0. The van der Waals surface area contributed by atoms with E-state index in [1.165, 1.54) is 64.2 Å². The van der Waals surface area contributed by atoms with Crippen LogP contribution in [0, 0.1) is 6.92 Å². The molecule has 0 bridgehead atoms. The van der Waals surface area contributed by atoms with Gasteiger partial charge in [0, 0.05) is 6.04 Å². The Morgan fingerprint density at radius 1 is 0.800 bits per heavy atom. The highest BCUT2D eigenvalue weighted by atomic mass is 14.6. The molecule has 1 unspecified atom stereocenters. The molecule has 0 aromatic rings. The fraction of sp³-hybridized carbons (Fsp3) is 0.929. The van der Waals surface area contributed by atoms with Crippen molar-refractivity contribution >= 4 is 0 Å². The Hall–Kier alpha value is -0.0400. The number of rotatable bonds is 11. The highest BCUT2D eigenvalue weighted by molar-refractivity contribution is 4.53. The lowest BCUT2D eigenvalue weighted by Crippen LogP contribution is -2.13. The molecule has 91 valence electrons. The molecule has 0 aromatic carbocycles. The third kappa shape index (κ3) is 14.0. The molecule has 0 spiro atoms. The van der Waals surface area contributed by atoms with Gasteiger partial charge in [0.15, 0.2) is 0 Å². The molecular formula is C14H30N. The molecule has 0 aromatic heterocycles. The Labute approximate surface area is 96.8 Å². The van der Waals surface area contributed by atoms with Crippen molar-refractivity contribution in [2.75, 3.05) is 0 Å². The Bertz CT molecular complexity index is 110. The van der Waals surface area contributed by atoms with Crippen molar-refractivity contribution < 1.29 is 0 Å². The predicted octanol–water partition coefficient (Wildman–Crippen LogP) is 4.46. The van der Waals surface area contributed by atoms with E-state index in [0.29, 0.717) is 6.04 Å². The molecule has 0 amide bonds. The molecule has 1 heteroatoms. The van der Waals surface area contributed by atoms with Crippen molar-refractivity contribution in [2.24, 2.45) is 5.73 Å². The van der Waals surface area contributed by atoms with Gasteiger partial charge in [-0.2, -0.15) is 0 Å². The van der Waals surface area contributed by atoms with Crippen LogP contribution in [0.15, 0.2) is 0 Å². The topological polar surface area (TPSA) is 26.0 Å². The SMILES string of the molecule is [CH2]CCCCCCCCCCCC(C)N. The number of hydrogen-bond acceptors (Lipinski definition) is 1. The smallest absolute Gasteiger partial charge is 0.00104 e. The Kier molecular flexibility index (Phi) is 12.0. The molecule has 2 N–H and O–H groups in total. The summed E-state index contributed by atoms with van der Waals surface area (Å²) in [7, 11) is 0. The fourth-order valence-electron chi connectivity index (χ4n) is 1.88. The Balaban J connectivity index is 2.87. The van der Waals surface area contributed by atoms with E-state index < -0.39 is 0 Å². The average molecular weight is 212 g/mol. The standard InChI is InChI=1S/C14H30N/c1-3-4-5-6-7-8-9-10-11-12-13-14(2)15/h14H,1,3-13,15H2,2H3. The van der Waals surface area contributed by atoms with Crippen LogP contribution in [0.25, 0.3) is 0 Å². The second kappa shape index (κ2) is 12.0. The molecule has 0 aliphatic carbocycles. The van der Waals surface area contributed by atoms with Gasteiger partial charge < -0.3 is 5.73 Å². The monoisotopic (exact) mass is 212 g/mol. The van der Waals surface area contributed by atoms with Crippen molar-refractivity contribution in [2.45, 2.75) is 83.6 Å². The van der Waals surface area contributed by atoms with Crippen LogP contribution >= 0.6 is 0 Å². The van der Waals surface area contributed by atoms with Gasteiger partial charge in [-0.15, -0.1) is 0 Å². The van der Waals surface area contributed by atoms with Crippen molar-refractivity contribution in [3.63, 3.8) is 0 Å². The van der Waals surface area contributed by atoms with Gasteiger partial charge in [-0.25, -0.2) is 0 Å². The van der Waals surface area contributed by atoms with Gasteiger partial charge >= 0.3 is 0 Å². The second-order valence-electron chi connectivity index (χ2n) is 4.80. The molecule has 1 radical (unpaired) electrons. The first kappa shape index (κ1) is 15.0. The molecule has 15 heavy (non-hydrogen) atoms. The van der Waals surface area contributed by atoms with E-state index in [-0.39, 0.29) is 0 Å². The summed E-state index contributed by atoms with van der Waals surface area (Å²) in [5.74, 6) is 0. The summed E-state index contributed by atoms with van der Waals surface area (Å²) >= 11 is 0. The highest BCUT2D eigenvalue weighted by Gasteiger charge is 1.95. The van der Waals surface area contributed by atoms with Crippen LogP contribution in [0.3, 0.4) is 0 Å². The van der Waals surface area contributed by atoms with Gasteiger partial charge in [0.2, 0.25) is 0 Å². The van der Waals surface area contributed by atoms with Crippen LogP contribution < -0.4 is 5.73 Å². The molecule has 0 fully saturated rings. The number of hydrogen-bond donors (Lipinski definition) is 1. The van der Waals surface area contributed by atoms with Crippen molar-refractivity contribution in [1.29, 1.82) is 0 Å². The first-order chi connectivity index (χ1) is 7.27. The zero-order valence-corrected chi connectivity index (χ0v) is 10.6. The maximum Gasteiger partial charge on any atom is 0.00104 e. The molecule has 0 aliphatic heterocycles. The van der Waals surface area contributed by atoms with Crippen molar-refractivity contribution in [3.05, 3.63) is 6.92 Å². The van der Waals surface area contributed by atoms with Crippen LogP contribution in [0.1, 0.15) is 77.6 Å². The second-order valence-corrected chi connectivity index (χ2v) is 4.80. The zero-order valence-electron chi connectivity index (χ0n) is 10.6. The van der Waals surface area contributed by atoms with E-state index in [1.54, 1.807) is 0 Å². The summed E-state index contributed by atoms with van der Waals surface area (Å²) in [6.45, 7) is 5.96. The molecule has 1 atom stereocenters. The van der Waals surface area contributed by atoms with Crippen LogP contribution in [-0.2, 0) is 0 Å². The van der Waals surface area contributed by atoms with Gasteiger partial charge in [0.25, 0.3) is 0 Å². The normalized spacial score (nSPS) is 13.0. The number of nitrogens with two attached hydrogens (primary N) is 1. The molecule has 0 saturated heterocycles. The lowest BCUT2D eigenvalue weighted by Gasteiger charge is -2.04. The van der Waals surface area contributed by atoms with Crippen molar-refractivity contribution in [3.8, 4) is 0 Å². The van der Waals surface area contributed by atoms with Crippen LogP contribution in [-0.4, -0.2) is 6.04 Å². The summed E-state index contributed by atoms with van der Waals surface area (Å²) in [6.07, 6.45) is 14.8. The summed E-state index contributed by atoms with van der Waals surface area (Å²) in [5, 5.41) is 0. The summed E-state index contributed by atoms with van der Waals surface area (Å²) in [4.78, 5) is 0. The van der Waals surface area contributed by atoms with Crippen molar-refractivity contribution in [1.82, 2.24) is 0 Å². The third-order valence-electron chi connectivity index (χ3n) is 2.91. The maximum atomic E-state index is 5.70. The summed E-state index contributed by atoms with van der Waals surface area (Å²) in [6, 6.07) is 0.396. The Morgan fingerprint density at radius 2 is 1.20 bits per heavy atom. The van der Waals surface area contributed by atoms with Gasteiger partial charge in [0.1, 0.15) is 0 Å². The predicted molar refractivity (Wildman–Crippen MR) is 69.8 cm³/mol. The molecule has 1 nitrogen and oxygen atoms in total. The molecule has 0 rings (SSSR count). The van der Waals surface area contributed by atoms with Gasteiger partial charge in [-0.3, -0.25) is 0 Å². The van der Waals surface area contributed by atoms with E-state index in [0.717, 1.165) is 6.42 Å². The minimum absolute atomic E-state index is 0.396. The van der Waals surface area contributed by atoms with E-state index in [2.05, 4.69) is 13.8 Å². The van der Waals surface area contributed by atoms with E-state index in [1.807, 2.05) is 0 Å². The maximum absolute atomic E-state index is 5.70. The minimum atomic E-state index is 0.396. The lowest BCUT2D eigenvalue weighted by molar-refractivity contribution is 0.535. The Morgan fingerprint density at radius 3 is 1.60 bits per heavy atom. The quantitative estimate of drug-likeness (QED) is 0.503. The third-order valence-corrected chi connectivity index (χ3v) is 2.91. The first-order valence-electron chi connectivity index (χ1n) is 6.82. The van der Waals surface area contributed by atoms with Crippen LogP contribution in [0.2, 0.25) is 0 Å². The van der Waals surface area contributed by atoms with Gasteiger partial charge in [0.05, 0.1) is 0 Å². The highest BCUT2D eigenvalue weighted by Crippen LogP contribution is 2.11. The summed E-state index contributed by atoms with van der Waals surface area (Å²) < 4.78 is 0. The average Bonchev–Trinajstić information content (AvgIpc) is 2.20. The first-order valence-corrected chi connectivity index (χ1v) is 6.82.